The Balaban J connectivity index is 1.81. The van der Waals surface area contributed by atoms with Gasteiger partial charge in [0.25, 0.3) is 5.91 Å². The molecule has 2 aromatic rings. The molecule has 1 atom stereocenters. The summed E-state index contributed by atoms with van der Waals surface area (Å²) in [4.78, 5) is 12.3. The van der Waals surface area contributed by atoms with E-state index < -0.39 is 5.91 Å². The van der Waals surface area contributed by atoms with Gasteiger partial charge in [0, 0.05) is 17.1 Å². The summed E-state index contributed by atoms with van der Waals surface area (Å²) in [6.45, 7) is 2.01. The van der Waals surface area contributed by atoms with Crippen molar-refractivity contribution in [1.29, 1.82) is 5.26 Å². The summed E-state index contributed by atoms with van der Waals surface area (Å²) in [5.74, 6) is 0.395. The van der Waals surface area contributed by atoms with E-state index in [1.807, 2.05) is 31.2 Å². The molecule has 0 aliphatic carbocycles. The van der Waals surface area contributed by atoms with Gasteiger partial charge in [0.2, 0.25) is 0 Å². The predicted octanol–water partition coefficient (Wildman–Crippen LogP) is 4.21. The Morgan fingerprint density at radius 2 is 2.21 bits per heavy atom. The number of amides is 1. The number of benzene rings is 2. The average molecular weight is 339 g/mol. The van der Waals surface area contributed by atoms with E-state index in [0.29, 0.717) is 10.7 Å². The summed E-state index contributed by atoms with van der Waals surface area (Å²) in [6, 6.07) is 14.4. The number of halogens is 1. The molecule has 4 nitrogen and oxygen atoms in total. The third-order valence-corrected chi connectivity index (χ3v) is 3.91. The normalized spacial score (nSPS) is 16.0. The Kier molecular flexibility index (Phi) is 4.54. The molecule has 0 radical (unpaired) electrons. The minimum atomic E-state index is -0.468. The number of fused-ring (bicyclic) bond motifs is 1. The van der Waals surface area contributed by atoms with Crippen molar-refractivity contribution >= 4 is 29.3 Å². The molecule has 0 spiro atoms. The molecule has 1 heterocycles. The second-order valence-corrected chi connectivity index (χ2v) is 6.07. The maximum Gasteiger partial charge on any atom is 0.266 e. The number of carbonyl (C=O) groups excluding carboxylic acids is 1. The highest BCUT2D eigenvalue weighted by molar-refractivity contribution is 6.31. The number of nitrogens with zero attached hydrogens (tertiary/aromatic N) is 1. The van der Waals surface area contributed by atoms with Gasteiger partial charge in [-0.1, -0.05) is 23.7 Å². The first-order valence-corrected chi connectivity index (χ1v) is 7.91. The Labute approximate surface area is 145 Å². The smallest absolute Gasteiger partial charge is 0.266 e. The highest BCUT2D eigenvalue weighted by Gasteiger charge is 2.19. The van der Waals surface area contributed by atoms with E-state index in [9.17, 15) is 10.1 Å². The fourth-order valence-corrected chi connectivity index (χ4v) is 2.80. The predicted molar refractivity (Wildman–Crippen MR) is 93.9 cm³/mol. The average Bonchev–Trinajstić information content (AvgIpc) is 2.91. The Bertz CT molecular complexity index is 868. The molecule has 1 amide bonds. The molecule has 0 saturated carbocycles. The molecule has 0 saturated heterocycles. The minimum Gasteiger partial charge on any atom is -0.490 e. The van der Waals surface area contributed by atoms with Crippen LogP contribution in [-0.2, 0) is 11.2 Å². The summed E-state index contributed by atoms with van der Waals surface area (Å²) >= 11 is 5.89. The van der Waals surface area contributed by atoms with Crippen LogP contribution in [0, 0.1) is 11.3 Å². The Morgan fingerprint density at radius 3 is 2.96 bits per heavy atom. The zero-order valence-corrected chi connectivity index (χ0v) is 13.8. The van der Waals surface area contributed by atoms with Gasteiger partial charge in [-0.05, 0) is 54.5 Å². The topological polar surface area (TPSA) is 62.1 Å². The van der Waals surface area contributed by atoms with Crippen molar-refractivity contribution in [1.82, 2.24) is 0 Å². The molecule has 0 aromatic heterocycles. The first-order valence-electron chi connectivity index (χ1n) is 7.53. The molecule has 1 aliphatic heterocycles. The number of carbonyl (C=O) groups is 1. The van der Waals surface area contributed by atoms with Crippen LogP contribution >= 0.6 is 11.6 Å². The van der Waals surface area contributed by atoms with E-state index in [4.69, 9.17) is 16.3 Å². The van der Waals surface area contributed by atoms with E-state index in [-0.39, 0.29) is 11.7 Å². The van der Waals surface area contributed by atoms with Gasteiger partial charge in [-0.2, -0.15) is 5.26 Å². The lowest BCUT2D eigenvalue weighted by Gasteiger charge is -2.05. The summed E-state index contributed by atoms with van der Waals surface area (Å²) in [5.41, 5.74) is 2.46. The van der Waals surface area contributed by atoms with Crippen LogP contribution in [-0.4, -0.2) is 12.0 Å². The number of hydrogen-bond donors (Lipinski definition) is 1. The van der Waals surface area contributed by atoms with E-state index >= 15 is 0 Å². The minimum absolute atomic E-state index is 0.0295. The molecule has 1 unspecified atom stereocenters. The van der Waals surface area contributed by atoms with Crippen LogP contribution in [0.1, 0.15) is 18.1 Å². The fraction of sp³-hybridized carbons (Fsp3) is 0.158. The van der Waals surface area contributed by atoms with Gasteiger partial charge in [-0.3, -0.25) is 4.79 Å². The maximum atomic E-state index is 12.3. The van der Waals surface area contributed by atoms with Crippen LogP contribution in [0.15, 0.2) is 48.0 Å². The zero-order chi connectivity index (χ0) is 17.1. The van der Waals surface area contributed by atoms with Crippen LogP contribution < -0.4 is 10.1 Å². The molecule has 120 valence electrons. The van der Waals surface area contributed by atoms with Crippen molar-refractivity contribution in [2.24, 2.45) is 0 Å². The third kappa shape index (κ3) is 3.58. The van der Waals surface area contributed by atoms with Gasteiger partial charge in [0.1, 0.15) is 23.5 Å². The van der Waals surface area contributed by atoms with Crippen LogP contribution in [0.3, 0.4) is 0 Å². The van der Waals surface area contributed by atoms with Gasteiger partial charge in [0.05, 0.1) is 0 Å². The standard InChI is InChI=1S/C19H15ClN2O2/c1-12-7-14-8-13(5-6-18(14)24-12)9-15(11-21)19(23)22-17-4-2-3-16(20)10-17/h2-6,8-10,12H,7H2,1H3,(H,22,23). The van der Waals surface area contributed by atoms with Crippen molar-refractivity contribution in [3.63, 3.8) is 0 Å². The molecule has 1 aliphatic rings. The van der Waals surface area contributed by atoms with Gasteiger partial charge < -0.3 is 10.1 Å². The van der Waals surface area contributed by atoms with Crippen molar-refractivity contribution in [3.8, 4) is 11.8 Å². The summed E-state index contributed by atoms with van der Waals surface area (Å²) in [7, 11) is 0. The van der Waals surface area contributed by atoms with Crippen LogP contribution in [0.5, 0.6) is 5.75 Å². The van der Waals surface area contributed by atoms with Crippen molar-refractivity contribution in [3.05, 3.63) is 64.2 Å². The monoisotopic (exact) mass is 338 g/mol. The molecule has 24 heavy (non-hydrogen) atoms. The first-order chi connectivity index (χ1) is 11.5. The van der Waals surface area contributed by atoms with Gasteiger partial charge >= 0.3 is 0 Å². The van der Waals surface area contributed by atoms with Gasteiger partial charge in [-0.25, -0.2) is 0 Å². The summed E-state index contributed by atoms with van der Waals surface area (Å²) < 4.78 is 5.65. The lowest BCUT2D eigenvalue weighted by Crippen LogP contribution is -2.13. The lowest BCUT2D eigenvalue weighted by atomic mass is 10.0. The molecular formula is C19H15ClN2O2. The molecular weight excluding hydrogens is 324 g/mol. The quantitative estimate of drug-likeness (QED) is 0.673. The highest BCUT2D eigenvalue weighted by Crippen LogP contribution is 2.30. The summed E-state index contributed by atoms with van der Waals surface area (Å²) in [5, 5.41) is 12.5. The molecule has 5 heteroatoms. The Hall–Kier alpha value is -2.77. The molecule has 1 N–H and O–H groups in total. The van der Waals surface area contributed by atoms with E-state index in [1.165, 1.54) is 0 Å². The van der Waals surface area contributed by atoms with Crippen LogP contribution in [0.4, 0.5) is 5.69 Å². The van der Waals surface area contributed by atoms with Gasteiger partial charge in [0.15, 0.2) is 0 Å². The van der Waals surface area contributed by atoms with E-state index in [1.54, 1.807) is 30.3 Å². The van der Waals surface area contributed by atoms with Crippen LogP contribution in [0.2, 0.25) is 5.02 Å². The molecule has 0 bridgehead atoms. The number of nitriles is 1. The van der Waals surface area contributed by atoms with Gasteiger partial charge in [-0.15, -0.1) is 0 Å². The Morgan fingerprint density at radius 1 is 1.38 bits per heavy atom. The molecule has 3 rings (SSSR count). The van der Waals surface area contributed by atoms with E-state index in [0.717, 1.165) is 23.3 Å². The number of nitrogens with one attached hydrogen (secondary N) is 1. The number of anilines is 1. The molecule has 0 fully saturated rings. The fourth-order valence-electron chi connectivity index (χ4n) is 2.61. The molecule has 2 aromatic carbocycles. The number of rotatable bonds is 3. The largest absolute Gasteiger partial charge is 0.490 e. The maximum absolute atomic E-state index is 12.3. The number of hydrogen-bond acceptors (Lipinski definition) is 3. The third-order valence-electron chi connectivity index (χ3n) is 3.68. The first kappa shape index (κ1) is 16.1. The van der Waals surface area contributed by atoms with Crippen molar-refractivity contribution in [2.45, 2.75) is 19.4 Å². The zero-order valence-electron chi connectivity index (χ0n) is 13.0. The highest BCUT2D eigenvalue weighted by atomic mass is 35.5. The second kappa shape index (κ2) is 6.77. The second-order valence-electron chi connectivity index (χ2n) is 5.63. The number of ether oxygens (including phenoxy) is 1. The van der Waals surface area contributed by atoms with Crippen LogP contribution in [0.25, 0.3) is 6.08 Å². The SMILES string of the molecule is CC1Cc2cc(C=C(C#N)C(=O)Nc3cccc(Cl)c3)ccc2O1. The lowest BCUT2D eigenvalue weighted by molar-refractivity contribution is -0.112. The van der Waals surface area contributed by atoms with E-state index in [2.05, 4.69) is 5.32 Å². The van der Waals surface area contributed by atoms with Crippen molar-refractivity contribution in [2.75, 3.05) is 5.32 Å². The van der Waals surface area contributed by atoms with Crippen molar-refractivity contribution < 1.29 is 9.53 Å². The summed E-state index contributed by atoms with van der Waals surface area (Å²) in [6.07, 6.45) is 2.55.